The Morgan fingerprint density at radius 2 is 2.04 bits per heavy atom. The molecule has 4 nitrogen and oxygen atoms in total. The number of nitrogens with zero attached hydrogens (tertiary/aromatic N) is 3. The minimum absolute atomic E-state index is 0.164. The molecule has 1 amide bonds. The molecule has 26 heavy (non-hydrogen) atoms. The zero-order chi connectivity index (χ0) is 18.5. The lowest BCUT2D eigenvalue weighted by Crippen LogP contribution is -2.31. The van der Waals surface area contributed by atoms with E-state index in [-0.39, 0.29) is 18.3 Å². The van der Waals surface area contributed by atoms with Crippen molar-refractivity contribution < 1.29 is 9.18 Å². The molecule has 3 aromatic rings. The number of aromatic nitrogens is 2. The number of hydrogen-bond donors (Lipinski definition) is 0. The molecule has 0 radical (unpaired) electrons. The predicted molar refractivity (Wildman–Crippen MR) is 103 cm³/mol. The number of hydrogen-bond acceptors (Lipinski definition) is 2. The second-order valence-corrected chi connectivity index (χ2v) is 6.62. The SMILES string of the molecule is C=CCN(Cc1cc(Br)ccc1F)C(=O)c1ccc(-n2cccn2)cc1. The van der Waals surface area contributed by atoms with E-state index in [0.29, 0.717) is 17.7 Å². The summed E-state index contributed by atoms with van der Waals surface area (Å²) in [5.74, 6) is -0.527. The second-order valence-electron chi connectivity index (χ2n) is 5.71. The first kappa shape index (κ1) is 18.1. The molecule has 3 rings (SSSR count). The van der Waals surface area contributed by atoms with Crippen molar-refractivity contribution in [2.24, 2.45) is 0 Å². The Hall–Kier alpha value is -2.73. The van der Waals surface area contributed by atoms with Gasteiger partial charge in [-0.05, 0) is 48.5 Å². The topological polar surface area (TPSA) is 38.1 Å². The van der Waals surface area contributed by atoms with E-state index in [1.54, 1.807) is 46.1 Å². The summed E-state index contributed by atoms with van der Waals surface area (Å²) in [7, 11) is 0. The monoisotopic (exact) mass is 413 g/mol. The Labute approximate surface area is 159 Å². The second kappa shape index (κ2) is 8.10. The van der Waals surface area contributed by atoms with Crippen LogP contribution in [0.3, 0.4) is 0 Å². The van der Waals surface area contributed by atoms with Crippen LogP contribution in [0.5, 0.6) is 0 Å². The number of carbonyl (C=O) groups is 1. The lowest BCUT2D eigenvalue weighted by molar-refractivity contribution is 0.0761. The van der Waals surface area contributed by atoms with Crippen molar-refractivity contribution in [3.63, 3.8) is 0 Å². The fourth-order valence-corrected chi connectivity index (χ4v) is 3.01. The summed E-state index contributed by atoms with van der Waals surface area (Å²) in [4.78, 5) is 14.4. The van der Waals surface area contributed by atoms with E-state index >= 15 is 0 Å². The zero-order valence-corrected chi connectivity index (χ0v) is 15.6. The maximum absolute atomic E-state index is 14.1. The molecule has 0 saturated carbocycles. The minimum atomic E-state index is -0.343. The van der Waals surface area contributed by atoms with Gasteiger partial charge >= 0.3 is 0 Å². The first-order valence-corrected chi connectivity index (χ1v) is 8.82. The average Bonchev–Trinajstić information content (AvgIpc) is 3.18. The van der Waals surface area contributed by atoms with E-state index in [1.807, 2.05) is 24.4 Å². The highest BCUT2D eigenvalue weighted by Crippen LogP contribution is 2.19. The summed E-state index contributed by atoms with van der Waals surface area (Å²) < 4.78 is 16.5. The molecule has 0 atom stereocenters. The van der Waals surface area contributed by atoms with Gasteiger partial charge in [-0.3, -0.25) is 4.79 Å². The van der Waals surface area contributed by atoms with Crippen LogP contribution >= 0.6 is 15.9 Å². The van der Waals surface area contributed by atoms with Gasteiger partial charge in [-0.1, -0.05) is 22.0 Å². The summed E-state index contributed by atoms with van der Waals surface area (Å²) in [6, 6.07) is 13.7. The summed E-state index contributed by atoms with van der Waals surface area (Å²) in [5.41, 5.74) is 1.83. The fraction of sp³-hybridized carbons (Fsp3) is 0.100. The summed E-state index contributed by atoms with van der Waals surface area (Å²) in [6.07, 6.45) is 5.15. The van der Waals surface area contributed by atoms with Gasteiger partial charge in [-0.2, -0.15) is 5.10 Å². The molecular formula is C20H17BrFN3O. The van der Waals surface area contributed by atoms with Crippen molar-refractivity contribution in [2.75, 3.05) is 6.54 Å². The largest absolute Gasteiger partial charge is 0.330 e. The molecule has 6 heteroatoms. The standard InChI is InChI=1S/C20H17BrFN3O/c1-2-11-24(14-16-13-17(21)6-9-19(16)22)20(26)15-4-7-18(8-5-15)25-12-3-10-23-25/h2-10,12-13H,1,11,14H2. The Morgan fingerprint density at radius 1 is 1.27 bits per heavy atom. The molecule has 1 aromatic heterocycles. The van der Waals surface area contributed by atoms with Crippen LogP contribution in [-0.2, 0) is 6.54 Å². The van der Waals surface area contributed by atoms with Crippen molar-refractivity contribution in [2.45, 2.75) is 6.54 Å². The maximum Gasteiger partial charge on any atom is 0.254 e. The molecule has 0 bridgehead atoms. The van der Waals surface area contributed by atoms with Gasteiger partial charge in [0.1, 0.15) is 5.82 Å². The van der Waals surface area contributed by atoms with E-state index in [9.17, 15) is 9.18 Å². The highest BCUT2D eigenvalue weighted by Gasteiger charge is 2.17. The maximum atomic E-state index is 14.1. The highest BCUT2D eigenvalue weighted by atomic mass is 79.9. The highest BCUT2D eigenvalue weighted by molar-refractivity contribution is 9.10. The Bertz CT molecular complexity index is 907. The number of amides is 1. The van der Waals surface area contributed by atoms with Crippen molar-refractivity contribution >= 4 is 21.8 Å². The minimum Gasteiger partial charge on any atom is -0.330 e. The van der Waals surface area contributed by atoms with Crippen LogP contribution in [0.2, 0.25) is 0 Å². The van der Waals surface area contributed by atoms with Gasteiger partial charge in [0.2, 0.25) is 0 Å². The molecule has 0 aliphatic heterocycles. The third kappa shape index (κ3) is 4.08. The molecule has 0 spiro atoms. The summed E-state index contributed by atoms with van der Waals surface area (Å²) in [6.45, 7) is 4.19. The fourth-order valence-electron chi connectivity index (χ4n) is 2.61. The molecule has 1 heterocycles. The lowest BCUT2D eigenvalue weighted by atomic mass is 10.1. The van der Waals surface area contributed by atoms with Crippen molar-refractivity contribution in [3.05, 3.63) is 95.0 Å². The molecule has 0 aliphatic rings. The molecule has 0 saturated heterocycles. The molecular weight excluding hydrogens is 397 g/mol. The Morgan fingerprint density at radius 3 is 2.69 bits per heavy atom. The number of rotatable bonds is 6. The van der Waals surface area contributed by atoms with E-state index in [0.717, 1.165) is 10.2 Å². The van der Waals surface area contributed by atoms with Crippen molar-refractivity contribution in [1.29, 1.82) is 0 Å². The first-order chi connectivity index (χ1) is 12.6. The lowest BCUT2D eigenvalue weighted by Gasteiger charge is -2.22. The molecule has 0 fully saturated rings. The van der Waals surface area contributed by atoms with E-state index < -0.39 is 0 Å². The predicted octanol–water partition coefficient (Wildman–Crippen LogP) is 4.60. The average molecular weight is 414 g/mol. The van der Waals surface area contributed by atoms with Gasteiger partial charge < -0.3 is 4.90 Å². The molecule has 0 unspecified atom stereocenters. The van der Waals surface area contributed by atoms with Crippen LogP contribution in [0.15, 0.2) is 78.1 Å². The Balaban J connectivity index is 1.82. The quantitative estimate of drug-likeness (QED) is 0.553. The Kier molecular flexibility index (Phi) is 5.63. The van der Waals surface area contributed by atoms with Crippen LogP contribution in [0.25, 0.3) is 5.69 Å². The molecule has 2 aromatic carbocycles. The van der Waals surface area contributed by atoms with Gasteiger partial charge in [0.15, 0.2) is 0 Å². The molecule has 0 N–H and O–H groups in total. The van der Waals surface area contributed by atoms with Crippen LogP contribution < -0.4 is 0 Å². The van der Waals surface area contributed by atoms with Crippen molar-refractivity contribution in [1.82, 2.24) is 14.7 Å². The smallest absolute Gasteiger partial charge is 0.254 e. The molecule has 0 aliphatic carbocycles. The first-order valence-electron chi connectivity index (χ1n) is 8.02. The van der Waals surface area contributed by atoms with E-state index in [4.69, 9.17) is 0 Å². The number of halogens is 2. The summed E-state index contributed by atoms with van der Waals surface area (Å²) >= 11 is 3.34. The molecule has 132 valence electrons. The van der Waals surface area contributed by atoms with Crippen LogP contribution in [0.1, 0.15) is 15.9 Å². The number of benzene rings is 2. The van der Waals surface area contributed by atoms with Crippen LogP contribution in [-0.4, -0.2) is 27.1 Å². The van der Waals surface area contributed by atoms with Gasteiger partial charge in [-0.25, -0.2) is 9.07 Å². The third-order valence-electron chi connectivity index (χ3n) is 3.89. The van der Waals surface area contributed by atoms with Gasteiger partial charge in [0, 0.05) is 41.1 Å². The normalized spacial score (nSPS) is 10.5. The van der Waals surface area contributed by atoms with Gasteiger partial charge in [0.05, 0.1) is 5.69 Å². The van der Waals surface area contributed by atoms with E-state index in [1.165, 1.54) is 6.07 Å². The van der Waals surface area contributed by atoms with Crippen LogP contribution in [0.4, 0.5) is 4.39 Å². The third-order valence-corrected chi connectivity index (χ3v) is 4.38. The van der Waals surface area contributed by atoms with Crippen LogP contribution in [0, 0.1) is 5.82 Å². The zero-order valence-electron chi connectivity index (χ0n) is 14.0. The van der Waals surface area contributed by atoms with E-state index in [2.05, 4.69) is 27.6 Å². The number of carbonyl (C=O) groups excluding carboxylic acids is 1. The van der Waals surface area contributed by atoms with Crippen molar-refractivity contribution in [3.8, 4) is 5.69 Å². The summed E-state index contributed by atoms with van der Waals surface area (Å²) in [5, 5.41) is 4.16. The van der Waals surface area contributed by atoms with Gasteiger partial charge in [-0.15, -0.1) is 6.58 Å². The van der Waals surface area contributed by atoms with Gasteiger partial charge in [0.25, 0.3) is 5.91 Å².